The Morgan fingerprint density at radius 2 is 2.27 bits per heavy atom. The van der Waals surface area contributed by atoms with Gasteiger partial charge in [-0.25, -0.2) is 0 Å². The van der Waals surface area contributed by atoms with Crippen LogP contribution in [-0.2, 0) is 10.8 Å². The predicted octanol–water partition coefficient (Wildman–Crippen LogP) is 1.70. The van der Waals surface area contributed by atoms with Crippen molar-refractivity contribution in [3.63, 3.8) is 0 Å². The van der Waals surface area contributed by atoms with Crippen molar-refractivity contribution >= 4 is 28.2 Å². The molecule has 2 atom stereocenters. The van der Waals surface area contributed by atoms with Gasteiger partial charge in [-0.15, -0.1) is 10.2 Å². The van der Waals surface area contributed by atoms with Crippen LogP contribution >= 0.6 is 11.6 Å². The van der Waals surface area contributed by atoms with Crippen LogP contribution in [0.2, 0.25) is 5.15 Å². The molecule has 0 aliphatic heterocycles. The van der Waals surface area contributed by atoms with Crippen LogP contribution in [0.25, 0.3) is 0 Å². The summed E-state index contributed by atoms with van der Waals surface area (Å²) < 4.78 is 10.9. The Hall–Kier alpha value is -0.680. The van der Waals surface area contributed by atoms with Gasteiger partial charge in [-0.2, -0.15) is 0 Å². The van der Waals surface area contributed by atoms with Crippen molar-refractivity contribution < 1.29 is 4.21 Å². The fourth-order valence-electron chi connectivity index (χ4n) is 1.06. The number of hydrogen-bond donors (Lipinski definition) is 1. The van der Waals surface area contributed by atoms with Crippen molar-refractivity contribution in [2.75, 3.05) is 17.3 Å². The SMILES string of the molecule is CC(CCS(C)=O)Nc1ccc(Cl)nn1. The summed E-state index contributed by atoms with van der Waals surface area (Å²) in [6.07, 6.45) is 2.54. The molecule has 2 unspecified atom stereocenters. The maximum absolute atomic E-state index is 10.9. The van der Waals surface area contributed by atoms with Crippen LogP contribution in [0.15, 0.2) is 12.1 Å². The van der Waals surface area contributed by atoms with Crippen LogP contribution < -0.4 is 5.32 Å². The number of rotatable bonds is 5. The lowest BCUT2D eigenvalue weighted by molar-refractivity contribution is 0.678. The summed E-state index contributed by atoms with van der Waals surface area (Å²) >= 11 is 5.61. The number of anilines is 1. The Morgan fingerprint density at radius 3 is 2.80 bits per heavy atom. The van der Waals surface area contributed by atoms with Gasteiger partial charge in [0.25, 0.3) is 0 Å². The molecule has 1 heterocycles. The molecule has 0 saturated heterocycles. The summed E-state index contributed by atoms with van der Waals surface area (Å²) in [4.78, 5) is 0. The molecule has 1 aromatic heterocycles. The van der Waals surface area contributed by atoms with Crippen molar-refractivity contribution in [1.82, 2.24) is 10.2 Å². The highest BCUT2D eigenvalue weighted by molar-refractivity contribution is 7.84. The van der Waals surface area contributed by atoms with Crippen molar-refractivity contribution in [3.8, 4) is 0 Å². The third kappa shape index (κ3) is 5.09. The zero-order chi connectivity index (χ0) is 11.3. The highest BCUT2D eigenvalue weighted by Crippen LogP contribution is 2.08. The van der Waals surface area contributed by atoms with Gasteiger partial charge < -0.3 is 5.32 Å². The molecule has 0 saturated carbocycles. The van der Waals surface area contributed by atoms with E-state index in [0.717, 1.165) is 6.42 Å². The summed E-state index contributed by atoms with van der Waals surface area (Å²) in [6.45, 7) is 2.02. The van der Waals surface area contributed by atoms with Crippen molar-refractivity contribution in [1.29, 1.82) is 0 Å². The van der Waals surface area contributed by atoms with Crippen molar-refractivity contribution in [2.45, 2.75) is 19.4 Å². The molecule has 1 rings (SSSR count). The van der Waals surface area contributed by atoms with Gasteiger partial charge in [0.15, 0.2) is 5.15 Å². The molecule has 0 amide bonds. The van der Waals surface area contributed by atoms with Gasteiger partial charge in [0.1, 0.15) is 5.82 Å². The zero-order valence-corrected chi connectivity index (χ0v) is 10.3. The fraction of sp³-hybridized carbons (Fsp3) is 0.556. The third-order valence-corrected chi connectivity index (χ3v) is 2.88. The highest BCUT2D eigenvalue weighted by atomic mass is 35.5. The van der Waals surface area contributed by atoms with E-state index in [4.69, 9.17) is 11.6 Å². The summed E-state index contributed by atoms with van der Waals surface area (Å²) in [5.41, 5.74) is 0. The second kappa shape index (κ2) is 6.02. The quantitative estimate of drug-likeness (QED) is 0.861. The molecule has 0 spiro atoms. The number of halogens is 1. The van der Waals surface area contributed by atoms with Gasteiger partial charge in [0, 0.05) is 28.9 Å². The van der Waals surface area contributed by atoms with Crippen molar-refractivity contribution in [3.05, 3.63) is 17.3 Å². The number of hydrogen-bond acceptors (Lipinski definition) is 4. The van der Waals surface area contributed by atoms with Gasteiger partial charge in [-0.1, -0.05) is 11.6 Å². The normalized spacial score (nSPS) is 14.6. The first-order valence-corrected chi connectivity index (χ1v) is 6.74. The zero-order valence-electron chi connectivity index (χ0n) is 8.74. The molecular weight excluding hydrogens is 234 g/mol. The van der Waals surface area contributed by atoms with Crippen LogP contribution in [0.1, 0.15) is 13.3 Å². The van der Waals surface area contributed by atoms with Crippen LogP contribution in [-0.4, -0.2) is 32.5 Å². The Balaban J connectivity index is 2.40. The first-order valence-electron chi connectivity index (χ1n) is 4.63. The molecule has 0 aromatic carbocycles. The van der Waals surface area contributed by atoms with E-state index < -0.39 is 10.8 Å². The van der Waals surface area contributed by atoms with Gasteiger partial charge >= 0.3 is 0 Å². The molecule has 6 heteroatoms. The molecule has 0 aliphatic carbocycles. The molecule has 15 heavy (non-hydrogen) atoms. The maximum atomic E-state index is 10.9. The molecule has 84 valence electrons. The van der Waals surface area contributed by atoms with Gasteiger partial charge in [0.05, 0.1) is 0 Å². The minimum Gasteiger partial charge on any atom is -0.366 e. The third-order valence-electron chi connectivity index (χ3n) is 1.86. The van der Waals surface area contributed by atoms with Gasteiger partial charge in [-0.3, -0.25) is 4.21 Å². The summed E-state index contributed by atoms with van der Waals surface area (Å²) in [5, 5.41) is 11.1. The van der Waals surface area contributed by atoms with E-state index in [-0.39, 0.29) is 6.04 Å². The van der Waals surface area contributed by atoms with E-state index >= 15 is 0 Å². The Bertz CT molecular complexity index is 331. The van der Waals surface area contributed by atoms with E-state index in [1.807, 2.05) is 6.92 Å². The van der Waals surface area contributed by atoms with Crippen LogP contribution in [0.3, 0.4) is 0 Å². The molecule has 4 nitrogen and oxygen atoms in total. The molecule has 0 fully saturated rings. The minimum atomic E-state index is -0.745. The maximum Gasteiger partial charge on any atom is 0.151 e. The van der Waals surface area contributed by atoms with Crippen LogP contribution in [0.5, 0.6) is 0 Å². The molecule has 0 bridgehead atoms. The first kappa shape index (κ1) is 12.4. The molecule has 1 aromatic rings. The smallest absolute Gasteiger partial charge is 0.151 e. The van der Waals surface area contributed by atoms with E-state index in [1.165, 1.54) is 0 Å². The number of aromatic nitrogens is 2. The molecule has 0 aliphatic rings. The van der Waals surface area contributed by atoms with E-state index in [9.17, 15) is 4.21 Å². The lowest BCUT2D eigenvalue weighted by Crippen LogP contribution is -2.18. The fourth-order valence-corrected chi connectivity index (χ4v) is 1.85. The average Bonchev–Trinajstić information content (AvgIpc) is 2.19. The van der Waals surface area contributed by atoms with Gasteiger partial charge in [0.2, 0.25) is 0 Å². The number of nitrogens with zero attached hydrogens (tertiary/aromatic N) is 2. The standard InChI is InChI=1S/C9H14ClN3OS/c1-7(5-6-15(2)14)11-9-4-3-8(10)12-13-9/h3-4,7H,5-6H2,1-2H3,(H,11,13). The van der Waals surface area contributed by atoms with E-state index in [0.29, 0.717) is 16.7 Å². The van der Waals surface area contributed by atoms with E-state index in [1.54, 1.807) is 18.4 Å². The Labute approximate surface area is 96.9 Å². The van der Waals surface area contributed by atoms with E-state index in [2.05, 4.69) is 15.5 Å². The van der Waals surface area contributed by atoms with Crippen LogP contribution in [0.4, 0.5) is 5.82 Å². The van der Waals surface area contributed by atoms with Gasteiger partial charge in [-0.05, 0) is 25.5 Å². The highest BCUT2D eigenvalue weighted by Gasteiger charge is 2.04. The Morgan fingerprint density at radius 1 is 1.53 bits per heavy atom. The second-order valence-electron chi connectivity index (χ2n) is 3.35. The molecule has 1 N–H and O–H groups in total. The lowest BCUT2D eigenvalue weighted by atomic mass is 10.2. The largest absolute Gasteiger partial charge is 0.366 e. The minimum absolute atomic E-state index is 0.226. The molecule has 0 radical (unpaired) electrons. The van der Waals surface area contributed by atoms with Crippen LogP contribution in [0, 0.1) is 0 Å². The molecular formula is C9H14ClN3OS. The average molecular weight is 248 g/mol. The van der Waals surface area contributed by atoms with Crippen molar-refractivity contribution in [2.24, 2.45) is 0 Å². The lowest BCUT2D eigenvalue weighted by Gasteiger charge is -2.12. The topological polar surface area (TPSA) is 54.9 Å². The summed E-state index contributed by atoms with van der Waals surface area (Å²) in [7, 11) is -0.745. The Kier molecular flexibility index (Phi) is 4.98. The summed E-state index contributed by atoms with van der Waals surface area (Å²) in [6, 6.07) is 3.68. The summed E-state index contributed by atoms with van der Waals surface area (Å²) in [5.74, 6) is 1.38. The first-order chi connectivity index (χ1) is 7.08. The second-order valence-corrected chi connectivity index (χ2v) is 5.29. The number of nitrogens with one attached hydrogen (secondary N) is 1. The monoisotopic (exact) mass is 247 g/mol. The predicted molar refractivity (Wildman–Crippen MR) is 63.7 cm³/mol.